The van der Waals surface area contributed by atoms with Crippen LogP contribution in [0.15, 0.2) is 35.8 Å². The largest absolute Gasteiger partial charge is 0.467 e. The highest BCUT2D eigenvalue weighted by molar-refractivity contribution is 7.10. The number of carbonyl (C=O) groups excluding carboxylic acids is 2. The molecule has 0 spiro atoms. The highest BCUT2D eigenvalue weighted by Crippen LogP contribution is 2.21. The SMILES string of the molecule is COC(=O)C(NC(=O)c1ccc(N(C)C)nc1)c1cccs1. The molecule has 0 saturated heterocycles. The van der Waals surface area contributed by atoms with Crippen LogP contribution >= 0.6 is 11.3 Å². The maximum absolute atomic E-state index is 12.3. The van der Waals surface area contributed by atoms with Crippen LogP contribution in [0.3, 0.4) is 0 Å². The lowest BCUT2D eigenvalue weighted by molar-refractivity contribution is -0.143. The van der Waals surface area contributed by atoms with Gasteiger partial charge in [0.05, 0.1) is 12.7 Å². The predicted octanol–water partition coefficient (Wildman–Crippen LogP) is 1.85. The number of pyridine rings is 1. The second-order valence-corrected chi connectivity index (χ2v) is 5.72. The lowest BCUT2D eigenvalue weighted by Crippen LogP contribution is -2.34. The quantitative estimate of drug-likeness (QED) is 0.852. The summed E-state index contributed by atoms with van der Waals surface area (Å²) in [6.45, 7) is 0. The van der Waals surface area contributed by atoms with E-state index in [9.17, 15) is 9.59 Å². The van der Waals surface area contributed by atoms with E-state index in [0.29, 0.717) is 5.56 Å². The Morgan fingerprint density at radius 2 is 2.09 bits per heavy atom. The molecule has 0 aliphatic rings. The summed E-state index contributed by atoms with van der Waals surface area (Å²) >= 11 is 1.38. The van der Waals surface area contributed by atoms with Gasteiger partial charge in [0, 0.05) is 25.2 Å². The van der Waals surface area contributed by atoms with Crippen LogP contribution in [0.1, 0.15) is 21.3 Å². The number of rotatable bonds is 5. The number of amides is 1. The molecule has 1 unspecified atom stereocenters. The van der Waals surface area contributed by atoms with Crippen LogP contribution < -0.4 is 10.2 Å². The molecular formula is C15H17N3O3S. The van der Waals surface area contributed by atoms with E-state index in [1.807, 2.05) is 30.4 Å². The third kappa shape index (κ3) is 3.62. The zero-order chi connectivity index (χ0) is 16.1. The smallest absolute Gasteiger partial charge is 0.333 e. The first kappa shape index (κ1) is 16.0. The maximum atomic E-state index is 12.3. The molecule has 2 aromatic heterocycles. The molecule has 2 aromatic rings. The van der Waals surface area contributed by atoms with Crippen LogP contribution in [0.5, 0.6) is 0 Å². The summed E-state index contributed by atoms with van der Waals surface area (Å²) in [5.41, 5.74) is 0.385. The standard InChI is InChI=1S/C15H17N3O3S/c1-18(2)12-7-6-10(9-16-12)14(19)17-13(15(20)21-3)11-5-4-8-22-11/h4-9,13H,1-3H3,(H,17,19). The molecule has 0 saturated carbocycles. The Hall–Kier alpha value is -2.41. The highest BCUT2D eigenvalue weighted by Gasteiger charge is 2.25. The fraction of sp³-hybridized carbons (Fsp3) is 0.267. The Labute approximate surface area is 132 Å². The monoisotopic (exact) mass is 319 g/mol. The predicted molar refractivity (Wildman–Crippen MR) is 85.1 cm³/mol. The van der Waals surface area contributed by atoms with Gasteiger partial charge in [-0.2, -0.15) is 0 Å². The number of nitrogens with zero attached hydrogens (tertiary/aromatic N) is 2. The van der Waals surface area contributed by atoms with Gasteiger partial charge in [-0.15, -0.1) is 11.3 Å². The number of nitrogens with one attached hydrogen (secondary N) is 1. The van der Waals surface area contributed by atoms with Crippen LogP contribution in [0.4, 0.5) is 5.82 Å². The highest BCUT2D eigenvalue weighted by atomic mass is 32.1. The zero-order valence-corrected chi connectivity index (χ0v) is 13.4. The third-order valence-corrected chi connectivity index (χ3v) is 3.95. The molecule has 2 heterocycles. The van der Waals surface area contributed by atoms with Crippen LogP contribution in [0.25, 0.3) is 0 Å². The molecule has 0 aromatic carbocycles. The summed E-state index contributed by atoms with van der Waals surface area (Å²) in [4.78, 5) is 30.9. The molecule has 1 atom stereocenters. The zero-order valence-electron chi connectivity index (χ0n) is 12.6. The molecule has 22 heavy (non-hydrogen) atoms. The number of hydrogen-bond donors (Lipinski definition) is 1. The Kier molecular flexibility index (Phi) is 5.11. The average Bonchev–Trinajstić information content (AvgIpc) is 3.05. The summed E-state index contributed by atoms with van der Waals surface area (Å²) in [6, 6.07) is 6.19. The first-order valence-corrected chi connectivity index (χ1v) is 7.46. The summed E-state index contributed by atoms with van der Waals surface area (Å²) in [7, 11) is 5.03. The molecular weight excluding hydrogens is 302 g/mol. The van der Waals surface area contributed by atoms with Crippen molar-refractivity contribution in [2.24, 2.45) is 0 Å². The van der Waals surface area contributed by atoms with Crippen molar-refractivity contribution in [2.45, 2.75) is 6.04 Å². The van der Waals surface area contributed by atoms with E-state index in [4.69, 9.17) is 4.74 Å². The molecule has 7 heteroatoms. The fourth-order valence-electron chi connectivity index (χ4n) is 1.82. The van der Waals surface area contributed by atoms with Crippen LogP contribution in [0, 0.1) is 0 Å². The normalized spacial score (nSPS) is 11.6. The van der Waals surface area contributed by atoms with Crippen molar-refractivity contribution in [2.75, 3.05) is 26.1 Å². The number of methoxy groups -OCH3 is 1. The number of thiophene rings is 1. The van der Waals surface area contributed by atoms with E-state index in [2.05, 4.69) is 10.3 Å². The van der Waals surface area contributed by atoms with Crippen molar-refractivity contribution in [1.29, 1.82) is 0 Å². The second kappa shape index (κ2) is 7.04. The van der Waals surface area contributed by atoms with Gasteiger partial charge in [0.25, 0.3) is 5.91 Å². The third-order valence-electron chi connectivity index (χ3n) is 3.01. The van der Waals surface area contributed by atoms with Gasteiger partial charge in [-0.3, -0.25) is 4.79 Å². The molecule has 116 valence electrons. The van der Waals surface area contributed by atoms with Gasteiger partial charge in [-0.1, -0.05) is 6.07 Å². The van der Waals surface area contributed by atoms with E-state index >= 15 is 0 Å². The first-order valence-electron chi connectivity index (χ1n) is 6.58. The molecule has 0 aliphatic heterocycles. The van der Waals surface area contributed by atoms with Gasteiger partial charge >= 0.3 is 5.97 Å². The summed E-state index contributed by atoms with van der Waals surface area (Å²) in [5.74, 6) is -0.130. The Morgan fingerprint density at radius 1 is 1.32 bits per heavy atom. The van der Waals surface area contributed by atoms with Gasteiger partial charge in [-0.05, 0) is 23.6 Å². The van der Waals surface area contributed by atoms with Crippen LogP contribution in [-0.4, -0.2) is 38.1 Å². The van der Waals surface area contributed by atoms with Crippen molar-refractivity contribution in [1.82, 2.24) is 10.3 Å². The molecule has 1 N–H and O–H groups in total. The van der Waals surface area contributed by atoms with E-state index in [1.54, 1.807) is 18.2 Å². The number of ether oxygens (including phenoxy) is 1. The van der Waals surface area contributed by atoms with E-state index in [0.717, 1.165) is 10.7 Å². The van der Waals surface area contributed by atoms with Gasteiger partial charge in [0.2, 0.25) is 0 Å². The van der Waals surface area contributed by atoms with Crippen molar-refractivity contribution in [3.63, 3.8) is 0 Å². The number of esters is 1. The first-order chi connectivity index (χ1) is 10.5. The maximum Gasteiger partial charge on any atom is 0.333 e. The fourth-order valence-corrected chi connectivity index (χ4v) is 2.58. The topological polar surface area (TPSA) is 71.5 Å². The lowest BCUT2D eigenvalue weighted by Gasteiger charge is -2.15. The van der Waals surface area contributed by atoms with Gasteiger partial charge < -0.3 is 15.0 Å². The molecule has 6 nitrogen and oxygen atoms in total. The minimum Gasteiger partial charge on any atom is -0.467 e. The minimum atomic E-state index is -0.814. The number of hydrogen-bond acceptors (Lipinski definition) is 6. The summed E-state index contributed by atoms with van der Waals surface area (Å²) in [5, 5.41) is 4.52. The second-order valence-electron chi connectivity index (χ2n) is 4.74. The average molecular weight is 319 g/mol. The Morgan fingerprint density at radius 3 is 2.59 bits per heavy atom. The van der Waals surface area contributed by atoms with Crippen LogP contribution in [-0.2, 0) is 9.53 Å². The molecule has 1 amide bonds. The van der Waals surface area contributed by atoms with Crippen molar-refractivity contribution >= 4 is 29.0 Å². The molecule has 0 radical (unpaired) electrons. The summed E-state index contributed by atoms with van der Waals surface area (Å²) in [6.07, 6.45) is 1.48. The van der Waals surface area contributed by atoms with E-state index < -0.39 is 12.0 Å². The number of carbonyl (C=O) groups is 2. The Bertz CT molecular complexity index is 639. The van der Waals surface area contributed by atoms with Crippen molar-refractivity contribution in [3.8, 4) is 0 Å². The number of aromatic nitrogens is 1. The van der Waals surface area contributed by atoms with Gasteiger partial charge in [0.15, 0.2) is 6.04 Å². The molecule has 2 rings (SSSR count). The molecule has 0 aliphatic carbocycles. The van der Waals surface area contributed by atoms with Gasteiger partial charge in [0.1, 0.15) is 5.82 Å². The van der Waals surface area contributed by atoms with E-state index in [1.165, 1.54) is 24.6 Å². The van der Waals surface area contributed by atoms with E-state index in [-0.39, 0.29) is 5.91 Å². The van der Waals surface area contributed by atoms with Crippen molar-refractivity contribution < 1.29 is 14.3 Å². The molecule has 0 fully saturated rings. The summed E-state index contributed by atoms with van der Waals surface area (Å²) < 4.78 is 4.75. The van der Waals surface area contributed by atoms with Gasteiger partial charge in [-0.25, -0.2) is 9.78 Å². The van der Waals surface area contributed by atoms with Crippen molar-refractivity contribution in [3.05, 3.63) is 46.3 Å². The lowest BCUT2D eigenvalue weighted by atomic mass is 10.2. The number of anilines is 1. The molecule has 0 bridgehead atoms. The Balaban J connectivity index is 2.16. The van der Waals surface area contributed by atoms with Crippen LogP contribution in [0.2, 0.25) is 0 Å². The minimum absolute atomic E-state index is 0.374.